The van der Waals surface area contributed by atoms with Crippen molar-refractivity contribution in [1.29, 1.82) is 0 Å². The molecule has 158 valence electrons. The highest BCUT2D eigenvalue weighted by atomic mass is 35.5. The lowest BCUT2D eigenvalue weighted by Crippen LogP contribution is -2.28. The average molecular weight is 463 g/mol. The van der Waals surface area contributed by atoms with E-state index >= 15 is 0 Å². The van der Waals surface area contributed by atoms with E-state index in [0.717, 1.165) is 36.4 Å². The highest BCUT2D eigenvalue weighted by Crippen LogP contribution is 2.34. The molecule has 0 fully saturated rings. The van der Waals surface area contributed by atoms with E-state index in [1.807, 2.05) is 0 Å². The summed E-state index contributed by atoms with van der Waals surface area (Å²) >= 11 is 5.74. The molecule has 2 rings (SSSR count). The Bertz CT molecular complexity index is 1010. The van der Waals surface area contributed by atoms with Crippen molar-refractivity contribution in [2.24, 2.45) is 0 Å². The summed E-state index contributed by atoms with van der Waals surface area (Å²) in [5, 5.41) is 4.09. The molecule has 0 bridgehead atoms. The van der Waals surface area contributed by atoms with E-state index in [2.05, 4.69) is 14.8 Å². The summed E-state index contributed by atoms with van der Waals surface area (Å²) in [5.41, 5.74) is -7.03. The summed E-state index contributed by atoms with van der Waals surface area (Å²) in [6.07, 6.45) is -4.66. The summed E-state index contributed by atoms with van der Waals surface area (Å²) in [6.45, 7) is 0. The van der Waals surface area contributed by atoms with Crippen LogP contribution in [0.4, 0.5) is 42.5 Å². The fourth-order valence-corrected chi connectivity index (χ4v) is 2.47. The number of carbonyl (C=O) groups is 1. The van der Waals surface area contributed by atoms with Crippen LogP contribution in [0.25, 0.3) is 0 Å². The summed E-state index contributed by atoms with van der Waals surface area (Å²) < 4.78 is 101. The summed E-state index contributed by atoms with van der Waals surface area (Å²) in [5.74, 6) is -0.672. The number of hydrogen-bond donors (Lipinski definition) is 2. The molecule has 0 aromatic heterocycles. The van der Waals surface area contributed by atoms with Gasteiger partial charge in [-0.05, 0) is 42.5 Å². The maximum Gasteiger partial charge on any atom is 0.534 e. The predicted octanol–water partition coefficient (Wildman–Crippen LogP) is 5.23. The number of amides is 2. The Hall–Kier alpha value is -2.67. The summed E-state index contributed by atoms with van der Waals surface area (Å²) in [6, 6.07) is 4.94. The van der Waals surface area contributed by atoms with E-state index in [-0.39, 0.29) is 16.4 Å². The molecule has 0 unspecified atom stereocenters. The first-order valence-electron chi connectivity index (χ1n) is 7.24. The maximum atomic E-state index is 12.7. The highest BCUT2D eigenvalue weighted by molar-refractivity contribution is 7.88. The van der Waals surface area contributed by atoms with E-state index in [9.17, 15) is 39.6 Å². The lowest BCUT2D eigenvalue weighted by molar-refractivity contribution is -0.137. The number of nitrogens with one attached hydrogen (secondary N) is 2. The normalized spacial score (nSPS) is 12.4. The van der Waals surface area contributed by atoms with Crippen LogP contribution in [0.1, 0.15) is 5.56 Å². The van der Waals surface area contributed by atoms with Crippen LogP contribution in [0.15, 0.2) is 42.5 Å². The standard InChI is InChI=1S/C15H9ClF6N2O4S/c16-11-6-1-8(14(17,18)19)7-12(11)24-13(25)23-9-2-4-10(5-3-9)28-29(26,27)15(20,21)22/h1-7H,(H2,23,24,25). The molecule has 6 nitrogen and oxygen atoms in total. The van der Waals surface area contributed by atoms with Gasteiger partial charge in [0.15, 0.2) is 0 Å². The second-order valence-corrected chi connectivity index (χ2v) is 7.22. The van der Waals surface area contributed by atoms with Crippen LogP contribution in [0, 0.1) is 0 Å². The molecule has 2 N–H and O–H groups in total. The van der Waals surface area contributed by atoms with Gasteiger partial charge in [-0.15, -0.1) is 0 Å². The van der Waals surface area contributed by atoms with Gasteiger partial charge in [0.2, 0.25) is 0 Å². The third-order valence-corrected chi connectivity index (χ3v) is 4.45. The lowest BCUT2D eigenvalue weighted by Gasteiger charge is -2.13. The number of urea groups is 1. The van der Waals surface area contributed by atoms with Gasteiger partial charge in [-0.25, -0.2) is 4.79 Å². The van der Waals surface area contributed by atoms with Crippen LogP contribution in [0.2, 0.25) is 5.02 Å². The van der Waals surface area contributed by atoms with E-state index in [1.54, 1.807) is 0 Å². The van der Waals surface area contributed by atoms with Crippen LogP contribution in [0.3, 0.4) is 0 Å². The van der Waals surface area contributed by atoms with Gasteiger partial charge in [0.25, 0.3) is 0 Å². The molecule has 0 atom stereocenters. The Labute approximate surface area is 164 Å². The van der Waals surface area contributed by atoms with Crippen LogP contribution in [-0.4, -0.2) is 20.0 Å². The van der Waals surface area contributed by atoms with Gasteiger partial charge in [0.05, 0.1) is 16.3 Å². The fourth-order valence-electron chi connectivity index (χ4n) is 1.85. The van der Waals surface area contributed by atoms with Gasteiger partial charge >= 0.3 is 27.8 Å². The molecule has 2 amide bonds. The molecule has 29 heavy (non-hydrogen) atoms. The largest absolute Gasteiger partial charge is 0.534 e. The minimum Gasteiger partial charge on any atom is -0.376 e. The number of rotatable bonds is 4. The van der Waals surface area contributed by atoms with Crippen molar-refractivity contribution in [3.63, 3.8) is 0 Å². The number of benzene rings is 2. The smallest absolute Gasteiger partial charge is 0.376 e. The highest BCUT2D eigenvalue weighted by Gasteiger charge is 2.48. The number of anilines is 2. The molecule has 0 heterocycles. The quantitative estimate of drug-likeness (QED) is 0.370. The molecule has 0 aliphatic heterocycles. The van der Waals surface area contributed by atoms with Crippen LogP contribution in [0.5, 0.6) is 5.75 Å². The van der Waals surface area contributed by atoms with Crippen molar-refractivity contribution in [2.45, 2.75) is 11.7 Å². The van der Waals surface area contributed by atoms with Gasteiger partial charge in [-0.2, -0.15) is 34.8 Å². The second kappa shape index (κ2) is 7.99. The number of alkyl halides is 6. The van der Waals surface area contributed by atoms with Crippen molar-refractivity contribution in [3.8, 4) is 5.75 Å². The van der Waals surface area contributed by atoms with Crippen LogP contribution >= 0.6 is 11.6 Å². The molecule has 2 aromatic carbocycles. The van der Waals surface area contributed by atoms with Gasteiger partial charge in [-0.3, -0.25) is 0 Å². The van der Waals surface area contributed by atoms with E-state index in [0.29, 0.717) is 6.07 Å². The van der Waals surface area contributed by atoms with Crippen LogP contribution in [-0.2, 0) is 16.3 Å². The van der Waals surface area contributed by atoms with Gasteiger partial charge in [-0.1, -0.05) is 11.6 Å². The summed E-state index contributed by atoms with van der Waals surface area (Å²) in [4.78, 5) is 11.9. The average Bonchev–Trinajstić information content (AvgIpc) is 2.56. The molecule has 14 heteroatoms. The summed E-state index contributed by atoms with van der Waals surface area (Å²) in [7, 11) is -5.85. The molecule has 0 aliphatic carbocycles. The van der Waals surface area contributed by atoms with E-state index in [1.165, 1.54) is 0 Å². The molecule has 0 saturated heterocycles. The van der Waals surface area contributed by atoms with Crippen molar-refractivity contribution in [2.75, 3.05) is 10.6 Å². The molecule has 0 saturated carbocycles. The minimum atomic E-state index is -5.85. The minimum absolute atomic E-state index is 0.0256. The van der Waals surface area contributed by atoms with Crippen molar-refractivity contribution < 1.29 is 43.7 Å². The Kier molecular flexibility index (Phi) is 6.23. The molecular weight excluding hydrogens is 454 g/mol. The number of halogens is 7. The first-order valence-corrected chi connectivity index (χ1v) is 9.03. The van der Waals surface area contributed by atoms with Gasteiger partial charge < -0.3 is 14.8 Å². The third kappa shape index (κ3) is 5.90. The second-order valence-electron chi connectivity index (χ2n) is 5.28. The zero-order chi connectivity index (χ0) is 22.0. The van der Waals surface area contributed by atoms with Crippen LogP contribution < -0.4 is 14.8 Å². The SMILES string of the molecule is O=C(Nc1ccc(OS(=O)(=O)C(F)(F)F)cc1)Nc1cc(C(F)(F)F)ccc1Cl. The zero-order valence-corrected chi connectivity index (χ0v) is 15.3. The number of carbonyl (C=O) groups excluding carboxylic acids is 1. The van der Waals surface area contributed by atoms with E-state index < -0.39 is 39.1 Å². The van der Waals surface area contributed by atoms with Crippen molar-refractivity contribution >= 4 is 39.1 Å². The Morgan fingerprint density at radius 3 is 2.03 bits per heavy atom. The predicted molar refractivity (Wildman–Crippen MR) is 91.1 cm³/mol. The fraction of sp³-hybridized carbons (Fsp3) is 0.133. The topological polar surface area (TPSA) is 84.5 Å². The van der Waals surface area contributed by atoms with E-state index in [4.69, 9.17) is 11.6 Å². The maximum absolute atomic E-state index is 12.7. The van der Waals surface area contributed by atoms with Gasteiger partial charge in [0, 0.05) is 5.69 Å². The Morgan fingerprint density at radius 1 is 0.931 bits per heavy atom. The third-order valence-electron chi connectivity index (χ3n) is 3.14. The monoisotopic (exact) mass is 462 g/mol. The molecule has 0 spiro atoms. The molecule has 0 aliphatic rings. The first-order chi connectivity index (χ1) is 13.2. The zero-order valence-electron chi connectivity index (χ0n) is 13.7. The molecular formula is C15H9ClF6N2O4S. The number of hydrogen-bond acceptors (Lipinski definition) is 4. The lowest BCUT2D eigenvalue weighted by atomic mass is 10.2. The Balaban J connectivity index is 2.07. The van der Waals surface area contributed by atoms with Gasteiger partial charge in [0.1, 0.15) is 5.75 Å². The van der Waals surface area contributed by atoms with Crippen molar-refractivity contribution in [3.05, 3.63) is 53.1 Å². The molecule has 0 radical (unpaired) electrons. The Morgan fingerprint density at radius 2 is 1.52 bits per heavy atom. The molecule has 2 aromatic rings. The first kappa shape index (κ1) is 22.6. The van der Waals surface area contributed by atoms with Crippen molar-refractivity contribution in [1.82, 2.24) is 0 Å².